The van der Waals surface area contributed by atoms with Crippen molar-refractivity contribution in [1.29, 1.82) is 0 Å². The molecule has 0 spiro atoms. The molecule has 0 saturated carbocycles. The summed E-state index contributed by atoms with van der Waals surface area (Å²) in [7, 11) is 0. The summed E-state index contributed by atoms with van der Waals surface area (Å²) in [5, 5.41) is 1.06. The van der Waals surface area contributed by atoms with Crippen molar-refractivity contribution in [1.82, 2.24) is 0 Å². The highest BCUT2D eigenvalue weighted by Gasteiger charge is 2.35. The van der Waals surface area contributed by atoms with Gasteiger partial charge in [-0.05, 0) is 31.0 Å². The maximum Gasteiger partial charge on any atom is 0.418 e. The third-order valence-electron chi connectivity index (χ3n) is 3.28. The Kier molecular flexibility index (Phi) is 4.08. The fourth-order valence-electron chi connectivity index (χ4n) is 2.32. The Morgan fingerprint density at radius 1 is 1.20 bits per heavy atom. The number of hydrogen-bond acceptors (Lipinski definition) is 4. The van der Waals surface area contributed by atoms with E-state index in [0.29, 0.717) is 13.1 Å². The second-order valence-corrected chi connectivity index (χ2v) is 4.64. The molecule has 1 aliphatic heterocycles. The minimum atomic E-state index is -4.42. The predicted molar refractivity (Wildman–Crippen MR) is 72.9 cm³/mol. The van der Waals surface area contributed by atoms with Gasteiger partial charge in [-0.15, -0.1) is 0 Å². The lowest BCUT2D eigenvalue weighted by Gasteiger charge is -2.24. The first-order valence-electron chi connectivity index (χ1n) is 6.32. The largest absolute Gasteiger partial charge is 0.418 e. The summed E-state index contributed by atoms with van der Waals surface area (Å²) in [6.07, 6.45) is -0.121. The van der Waals surface area contributed by atoms with Gasteiger partial charge < -0.3 is 10.6 Å². The van der Waals surface area contributed by atoms with Crippen LogP contribution in [0.2, 0.25) is 0 Å². The van der Waals surface area contributed by atoms with E-state index in [1.165, 1.54) is 18.5 Å². The highest BCUT2D eigenvalue weighted by Crippen LogP contribution is 2.39. The highest BCUT2D eigenvalue weighted by molar-refractivity contribution is 5.63. The Bertz CT molecular complexity index is 493. The standard InChI is InChI=1S/C13H17F3N4/c14-13(15,16)11-9-10(20(18)8-5-17)3-4-12(11)19-6-1-2-7-19/h3-5,8-9H,1-2,6-7,17-18H2/b8-5-. The summed E-state index contributed by atoms with van der Waals surface area (Å²) >= 11 is 0. The first kappa shape index (κ1) is 14.5. The zero-order chi connectivity index (χ0) is 14.8. The van der Waals surface area contributed by atoms with Crippen molar-refractivity contribution in [3.8, 4) is 0 Å². The van der Waals surface area contributed by atoms with E-state index in [0.717, 1.165) is 23.9 Å². The van der Waals surface area contributed by atoms with Gasteiger partial charge in [-0.1, -0.05) is 0 Å². The third kappa shape index (κ3) is 2.98. The van der Waals surface area contributed by atoms with Crippen LogP contribution in [-0.2, 0) is 6.18 Å². The van der Waals surface area contributed by atoms with Gasteiger partial charge in [-0.25, -0.2) is 5.84 Å². The van der Waals surface area contributed by atoms with E-state index in [1.54, 1.807) is 11.0 Å². The van der Waals surface area contributed by atoms with E-state index in [2.05, 4.69) is 0 Å². The van der Waals surface area contributed by atoms with E-state index in [1.807, 2.05) is 0 Å². The molecule has 2 rings (SSSR count). The molecule has 0 aromatic heterocycles. The van der Waals surface area contributed by atoms with Gasteiger partial charge in [0.15, 0.2) is 0 Å². The zero-order valence-electron chi connectivity index (χ0n) is 10.9. The maximum atomic E-state index is 13.2. The number of halogens is 3. The van der Waals surface area contributed by atoms with Crippen molar-refractivity contribution in [2.45, 2.75) is 19.0 Å². The van der Waals surface area contributed by atoms with Crippen LogP contribution in [0.15, 0.2) is 30.6 Å². The number of nitrogens with two attached hydrogens (primary N) is 2. The lowest BCUT2D eigenvalue weighted by molar-refractivity contribution is -0.137. The molecule has 0 bridgehead atoms. The number of anilines is 2. The van der Waals surface area contributed by atoms with Gasteiger partial charge in [0, 0.05) is 31.2 Å². The molecule has 7 heteroatoms. The molecule has 110 valence electrons. The number of hydrogen-bond donors (Lipinski definition) is 2. The molecule has 0 atom stereocenters. The van der Waals surface area contributed by atoms with Crippen LogP contribution >= 0.6 is 0 Å². The summed E-state index contributed by atoms with van der Waals surface area (Å²) < 4.78 is 39.6. The van der Waals surface area contributed by atoms with Gasteiger partial charge in [-0.2, -0.15) is 13.2 Å². The molecule has 1 aromatic rings. The summed E-state index contributed by atoms with van der Waals surface area (Å²) in [5.74, 6) is 5.61. The monoisotopic (exact) mass is 286 g/mol. The van der Waals surface area contributed by atoms with Gasteiger partial charge in [0.1, 0.15) is 0 Å². The molecule has 1 heterocycles. The van der Waals surface area contributed by atoms with Gasteiger partial charge in [0.05, 0.1) is 11.3 Å². The first-order chi connectivity index (χ1) is 9.43. The van der Waals surface area contributed by atoms with Gasteiger partial charge in [0.25, 0.3) is 0 Å². The molecule has 1 aromatic carbocycles. The third-order valence-corrected chi connectivity index (χ3v) is 3.28. The summed E-state index contributed by atoms with van der Waals surface area (Å²) in [5.41, 5.74) is 4.97. The molecule has 0 radical (unpaired) electrons. The summed E-state index contributed by atoms with van der Waals surface area (Å²) in [6.45, 7) is 1.30. The second kappa shape index (κ2) is 5.62. The molecule has 20 heavy (non-hydrogen) atoms. The van der Waals surface area contributed by atoms with Crippen molar-refractivity contribution < 1.29 is 13.2 Å². The van der Waals surface area contributed by atoms with Crippen LogP contribution in [-0.4, -0.2) is 13.1 Å². The van der Waals surface area contributed by atoms with Crippen LogP contribution in [0, 0.1) is 0 Å². The van der Waals surface area contributed by atoms with Crippen molar-refractivity contribution in [3.05, 3.63) is 36.2 Å². The Morgan fingerprint density at radius 2 is 1.85 bits per heavy atom. The minimum absolute atomic E-state index is 0.212. The molecule has 0 aliphatic carbocycles. The van der Waals surface area contributed by atoms with Gasteiger partial charge in [0.2, 0.25) is 0 Å². The molecular formula is C13H17F3N4. The van der Waals surface area contributed by atoms with E-state index in [4.69, 9.17) is 11.6 Å². The zero-order valence-corrected chi connectivity index (χ0v) is 10.9. The predicted octanol–water partition coefficient (Wildman–Crippen LogP) is 2.42. The number of rotatable bonds is 3. The Balaban J connectivity index is 2.42. The van der Waals surface area contributed by atoms with Crippen molar-refractivity contribution in [2.75, 3.05) is 23.0 Å². The van der Waals surface area contributed by atoms with Crippen LogP contribution in [0.25, 0.3) is 0 Å². The van der Waals surface area contributed by atoms with Crippen LogP contribution in [0.1, 0.15) is 18.4 Å². The SMILES string of the molecule is N/C=C\N(N)c1ccc(N2CCCC2)c(C(F)(F)F)c1. The van der Waals surface area contributed by atoms with E-state index < -0.39 is 11.7 Å². The topological polar surface area (TPSA) is 58.5 Å². The average molecular weight is 286 g/mol. The Hall–Kier alpha value is -1.89. The molecule has 0 amide bonds. The molecule has 0 unspecified atom stereocenters. The fraction of sp³-hybridized carbons (Fsp3) is 0.385. The minimum Gasteiger partial charge on any atom is -0.403 e. The van der Waals surface area contributed by atoms with E-state index >= 15 is 0 Å². The number of nitrogens with zero attached hydrogens (tertiary/aromatic N) is 2. The van der Waals surface area contributed by atoms with Crippen LogP contribution in [0.3, 0.4) is 0 Å². The molecule has 1 saturated heterocycles. The van der Waals surface area contributed by atoms with Crippen LogP contribution in [0.5, 0.6) is 0 Å². The molecule has 1 fully saturated rings. The van der Waals surface area contributed by atoms with E-state index in [9.17, 15) is 13.2 Å². The maximum absolute atomic E-state index is 13.2. The molecule has 4 N–H and O–H groups in total. The second-order valence-electron chi connectivity index (χ2n) is 4.64. The quantitative estimate of drug-likeness (QED) is 0.662. The molecular weight excluding hydrogens is 269 g/mol. The van der Waals surface area contributed by atoms with Gasteiger partial charge in [-0.3, -0.25) is 5.01 Å². The van der Waals surface area contributed by atoms with Crippen LogP contribution in [0.4, 0.5) is 24.5 Å². The Labute approximate surface area is 115 Å². The normalized spacial score (nSPS) is 16.1. The lowest BCUT2D eigenvalue weighted by atomic mass is 10.1. The fourth-order valence-corrected chi connectivity index (χ4v) is 2.32. The van der Waals surface area contributed by atoms with Gasteiger partial charge >= 0.3 is 6.18 Å². The number of hydrazine groups is 1. The van der Waals surface area contributed by atoms with E-state index in [-0.39, 0.29) is 11.4 Å². The number of benzene rings is 1. The first-order valence-corrected chi connectivity index (χ1v) is 6.32. The Morgan fingerprint density at radius 3 is 2.40 bits per heavy atom. The smallest absolute Gasteiger partial charge is 0.403 e. The van der Waals surface area contributed by atoms with Crippen molar-refractivity contribution >= 4 is 11.4 Å². The van der Waals surface area contributed by atoms with Crippen molar-refractivity contribution in [3.63, 3.8) is 0 Å². The average Bonchev–Trinajstić information content (AvgIpc) is 2.91. The summed E-state index contributed by atoms with van der Waals surface area (Å²) in [6, 6.07) is 4.07. The lowest BCUT2D eigenvalue weighted by Crippen LogP contribution is -2.26. The number of alkyl halides is 3. The highest BCUT2D eigenvalue weighted by atomic mass is 19.4. The summed E-state index contributed by atoms with van der Waals surface area (Å²) in [4.78, 5) is 1.76. The van der Waals surface area contributed by atoms with Crippen molar-refractivity contribution in [2.24, 2.45) is 11.6 Å². The molecule has 4 nitrogen and oxygen atoms in total. The molecule has 1 aliphatic rings. The van der Waals surface area contributed by atoms with Crippen LogP contribution < -0.4 is 21.5 Å².